The number of hydrogen-bond acceptors (Lipinski definition) is 2. The Morgan fingerprint density at radius 1 is 1.37 bits per heavy atom. The maximum atomic E-state index is 4.41. The SMILES string of the molecule is CCCNC(CC1=CCCCC1)c1ccnn1CC. The highest BCUT2D eigenvalue weighted by atomic mass is 15.3. The summed E-state index contributed by atoms with van der Waals surface area (Å²) in [5, 5.41) is 8.11. The van der Waals surface area contributed by atoms with E-state index in [1.54, 1.807) is 5.57 Å². The van der Waals surface area contributed by atoms with Crippen LogP contribution in [0.1, 0.15) is 64.1 Å². The molecule has 19 heavy (non-hydrogen) atoms. The maximum absolute atomic E-state index is 4.41. The van der Waals surface area contributed by atoms with Crippen LogP contribution in [0.15, 0.2) is 23.9 Å². The van der Waals surface area contributed by atoms with Crippen molar-refractivity contribution in [2.45, 2.75) is 65.0 Å². The van der Waals surface area contributed by atoms with Crippen LogP contribution in [0, 0.1) is 0 Å². The zero-order valence-electron chi connectivity index (χ0n) is 12.4. The van der Waals surface area contributed by atoms with E-state index in [2.05, 4.69) is 41.1 Å². The van der Waals surface area contributed by atoms with Gasteiger partial charge < -0.3 is 5.32 Å². The molecule has 0 saturated carbocycles. The van der Waals surface area contributed by atoms with E-state index in [1.165, 1.54) is 37.8 Å². The lowest BCUT2D eigenvalue weighted by Crippen LogP contribution is -2.25. The molecule has 1 N–H and O–H groups in total. The summed E-state index contributed by atoms with van der Waals surface area (Å²) in [5.41, 5.74) is 2.96. The molecule has 1 aliphatic rings. The normalized spacial score (nSPS) is 17.3. The van der Waals surface area contributed by atoms with Gasteiger partial charge in [-0.15, -0.1) is 0 Å². The van der Waals surface area contributed by atoms with E-state index in [4.69, 9.17) is 0 Å². The molecule has 1 aromatic rings. The predicted molar refractivity (Wildman–Crippen MR) is 80.1 cm³/mol. The summed E-state index contributed by atoms with van der Waals surface area (Å²) in [6.45, 7) is 6.41. The van der Waals surface area contributed by atoms with Crippen molar-refractivity contribution >= 4 is 0 Å². The second kappa shape index (κ2) is 7.49. The van der Waals surface area contributed by atoms with E-state index in [-0.39, 0.29) is 0 Å². The summed E-state index contributed by atoms with van der Waals surface area (Å²) in [5.74, 6) is 0. The second-order valence-electron chi connectivity index (χ2n) is 5.39. The summed E-state index contributed by atoms with van der Waals surface area (Å²) >= 11 is 0. The smallest absolute Gasteiger partial charge is 0.0556 e. The van der Waals surface area contributed by atoms with E-state index in [0.717, 1.165) is 19.5 Å². The molecule has 1 aromatic heterocycles. The number of rotatable bonds is 7. The Bertz CT molecular complexity index is 406. The predicted octanol–water partition coefficient (Wildman–Crippen LogP) is 3.83. The number of aryl methyl sites for hydroxylation is 1. The molecule has 1 aliphatic carbocycles. The van der Waals surface area contributed by atoms with Crippen LogP contribution < -0.4 is 5.32 Å². The molecule has 106 valence electrons. The summed E-state index contributed by atoms with van der Waals surface area (Å²) in [7, 11) is 0. The molecular weight excluding hydrogens is 234 g/mol. The quantitative estimate of drug-likeness (QED) is 0.756. The first-order valence-corrected chi connectivity index (χ1v) is 7.78. The third-order valence-electron chi connectivity index (χ3n) is 3.90. The number of aromatic nitrogens is 2. The summed E-state index contributed by atoms with van der Waals surface area (Å²) in [6, 6.07) is 2.59. The highest BCUT2D eigenvalue weighted by Crippen LogP contribution is 2.27. The average molecular weight is 261 g/mol. The van der Waals surface area contributed by atoms with E-state index in [1.807, 2.05) is 6.20 Å². The molecule has 1 unspecified atom stereocenters. The van der Waals surface area contributed by atoms with Gasteiger partial charge in [0.25, 0.3) is 0 Å². The van der Waals surface area contributed by atoms with Gasteiger partial charge in [0.05, 0.1) is 11.7 Å². The molecule has 1 atom stereocenters. The average Bonchev–Trinajstić information content (AvgIpc) is 2.93. The minimum absolute atomic E-state index is 0.423. The summed E-state index contributed by atoms with van der Waals surface area (Å²) in [6.07, 6.45) is 12.0. The standard InChI is InChI=1S/C16H27N3/c1-3-11-17-15(13-14-8-6-5-7-9-14)16-10-12-18-19(16)4-2/h8,10,12,15,17H,3-7,9,11,13H2,1-2H3. The Balaban J connectivity index is 2.08. The van der Waals surface area contributed by atoms with Crippen molar-refractivity contribution in [3.05, 3.63) is 29.6 Å². The summed E-state index contributed by atoms with van der Waals surface area (Å²) < 4.78 is 2.12. The van der Waals surface area contributed by atoms with Crippen molar-refractivity contribution in [2.24, 2.45) is 0 Å². The first-order chi connectivity index (χ1) is 9.35. The molecule has 3 heteroatoms. The van der Waals surface area contributed by atoms with Gasteiger partial charge in [-0.05, 0) is 58.1 Å². The Morgan fingerprint density at radius 2 is 2.26 bits per heavy atom. The topological polar surface area (TPSA) is 29.9 Å². The van der Waals surface area contributed by atoms with Crippen molar-refractivity contribution in [2.75, 3.05) is 6.54 Å². The Kier molecular flexibility index (Phi) is 5.64. The van der Waals surface area contributed by atoms with Crippen LogP contribution in [-0.4, -0.2) is 16.3 Å². The molecule has 0 radical (unpaired) electrons. The fraction of sp³-hybridized carbons (Fsp3) is 0.688. The van der Waals surface area contributed by atoms with E-state index in [9.17, 15) is 0 Å². The zero-order chi connectivity index (χ0) is 13.5. The van der Waals surface area contributed by atoms with Crippen LogP contribution in [0.2, 0.25) is 0 Å². The van der Waals surface area contributed by atoms with Gasteiger partial charge in [-0.1, -0.05) is 18.6 Å². The molecule has 0 aromatic carbocycles. The monoisotopic (exact) mass is 261 g/mol. The molecular formula is C16H27N3. The molecule has 0 bridgehead atoms. The lowest BCUT2D eigenvalue weighted by molar-refractivity contribution is 0.468. The minimum atomic E-state index is 0.423. The van der Waals surface area contributed by atoms with E-state index < -0.39 is 0 Å². The third-order valence-corrected chi connectivity index (χ3v) is 3.90. The number of hydrogen-bond donors (Lipinski definition) is 1. The second-order valence-corrected chi connectivity index (χ2v) is 5.39. The number of allylic oxidation sites excluding steroid dienone is 1. The van der Waals surface area contributed by atoms with Gasteiger partial charge in [-0.2, -0.15) is 5.10 Å². The van der Waals surface area contributed by atoms with E-state index >= 15 is 0 Å². The van der Waals surface area contributed by atoms with Crippen molar-refractivity contribution in [3.8, 4) is 0 Å². The maximum Gasteiger partial charge on any atom is 0.0556 e. The highest BCUT2D eigenvalue weighted by molar-refractivity contribution is 5.14. The van der Waals surface area contributed by atoms with Crippen LogP contribution in [0.4, 0.5) is 0 Å². The van der Waals surface area contributed by atoms with Gasteiger partial charge >= 0.3 is 0 Å². The van der Waals surface area contributed by atoms with Gasteiger partial charge in [0.2, 0.25) is 0 Å². The van der Waals surface area contributed by atoms with Crippen molar-refractivity contribution in [1.82, 2.24) is 15.1 Å². The lowest BCUT2D eigenvalue weighted by Gasteiger charge is -2.22. The van der Waals surface area contributed by atoms with Crippen LogP contribution in [0.5, 0.6) is 0 Å². The molecule has 3 nitrogen and oxygen atoms in total. The van der Waals surface area contributed by atoms with Crippen LogP contribution in [-0.2, 0) is 6.54 Å². The molecule has 0 amide bonds. The third kappa shape index (κ3) is 3.93. The first kappa shape index (κ1) is 14.3. The Morgan fingerprint density at radius 3 is 2.95 bits per heavy atom. The summed E-state index contributed by atoms with van der Waals surface area (Å²) in [4.78, 5) is 0. The minimum Gasteiger partial charge on any atom is -0.308 e. The fourth-order valence-corrected chi connectivity index (χ4v) is 2.86. The molecule has 0 spiro atoms. The number of nitrogens with zero attached hydrogens (tertiary/aromatic N) is 2. The van der Waals surface area contributed by atoms with Gasteiger partial charge in [0.1, 0.15) is 0 Å². The van der Waals surface area contributed by atoms with Crippen LogP contribution in [0.3, 0.4) is 0 Å². The lowest BCUT2D eigenvalue weighted by atomic mass is 9.93. The fourth-order valence-electron chi connectivity index (χ4n) is 2.86. The van der Waals surface area contributed by atoms with Gasteiger partial charge in [-0.25, -0.2) is 0 Å². The highest BCUT2D eigenvalue weighted by Gasteiger charge is 2.17. The van der Waals surface area contributed by atoms with E-state index in [0.29, 0.717) is 6.04 Å². The number of nitrogens with one attached hydrogen (secondary N) is 1. The van der Waals surface area contributed by atoms with Crippen LogP contribution >= 0.6 is 0 Å². The van der Waals surface area contributed by atoms with Crippen molar-refractivity contribution < 1.29 is 0 Å². The molecule has 0 aliphatic heterocycles. The first-order valence-electron chi connectivity index (χ1n) is 7.78. The van der Waals surface area contributed by atoms with Crippen LogP contribution in [0.25, 0.3) is 0 Å². The van der Waals surface area contributed by atoms with Gasteiger partial charge in [-0.3, -0.25) is 4.68 Å². The van der Waals surface area contributed by atoms with Crippen molar-refractivity contribution in [3.63, 3.8) is 0 Å². The molecule has 1 heterocycles. The van der Waals surface area contributed by atoms with Gasteiger partial charge in [0.15, 0.2) is 0 Å². The van der Waals surface area contributed by atoms with Crippen molar-refractivity contribution in [1.29, 1.82) is 0 Å². The Hall–Kier alpha value is -1.09. The van der Waals surface area contributed by atoms with Gasteiger partial charge in [0, 0.05) is 12.7 Å². The molecule has 0 saturated heterocycles. The largest absolute Gasteiger partial charge is 0.308 e. The zero-order valence-corrected chi connectivity index (χ0v) is 12.4. The molecule has 0 fully saturated rings. The molecule has 2 rings (SSSR count). The Labute approximate surface area is 117 Å².